The molecule has 0 aliphatic carbocycles. The first-order chi connectivity index (χ1) is 9.24. The fraction of sp³-hybridized carbons (Fsp3) is 0. The number of nitrogens with one attached hydrogen (secondary N) is 2. The number of aromatic amines is 1. The molecular weight excluding hydrogens is 264 g/mol. The Bertz CT molecular complexity index is 736. The standard InChI is InChI=1S/C13H9ClN4O/c14-11-6-17-12(7-16-11)18-13(19)9-2-1-3-10-8(9)4-5-15-10/h1-7,15H,(H,17,18,19). The lowest BCUT2D eigenvalue weighted by Gasteiger charge is -2.05. The van der Waals surface area contributed by atoms with Crippen molar-refractivity contribution in [1.82, 2.24) is 15.0 Å². The zero-order valence-corrected chi connectivity index (χ0v) is 10.5. The van der Waals surface area contributed by atoms with Crippen LogP contribution in [0.5, 0.6) is 0 Å². The third kappa shape index (κ3) is 2.28. The summed E-state index contributed by atoms with van der Waals surface area (Å²) in [5.74, 6) is 0.128. The molecule has 0 fully saturated rings. The van der Waals surface area contributed by atoms with Crippen molar-refractivity contribution < 1.29 is 4.79 Å². The highest BCUT2D eigenvalue weighted by Crippen LogP contribution is 2.18. The largest absolute Gasteiger partial charge is 0.361 e. The van der Waals surface area contributed by atoms with Crippen LogP contribution in [-0.4, -0.2) is 20.9 Å². The summed E-state index contributed by atoms with van der Waals surface area (Å²) in [6.45, 7) is 0. The molecule has 5 nitrogen and oxygen atoms in total. The number of carbonyl (C=O) groups excluding carboxylic acids is 1. The molecule has 0 spiro atoms. The maximum absolute atomic E-state index is 12.2. The smallest absolute Gasteiger partial charge is 0.257 e. The van der Waals surface area contributed by atoms with E-state index >= 15 is 0 Å². The average Bonchev–Trinajstić information content (AvgIpc) is 2.89. The number of hydrogen-bond acceptors (Lipinski definition) is 3. The van der Waals surface area contributed by atoms with Crippen LogP contribution in [0.3, 0.4) is 0 Å². The molecular formula is C13H9ClN4O. The lowest BCUT2D eigenvalue weighted by Crippen LogP contribution is -2.13. The van der Waals surface area contributed by atoms with Crippen LogP contribution in [0.4, 0.5) is 5.82 Å². The van der Waals surface area contributed by atoms with Crippen molar-refractivity contribution in [1.29, 1.82) is 0 Å². The number of H-pyrrole nitrogens is 1. The molecule has 0 saturated heterocycles. The monoisotopic (exact) mass is 272 g/mol. The Kier molecular flexibility index (Phi) is 2.89. The van der Waals surface area contributed by atoms with Crippen LogP contribution in [0.15, 0.2) is 42.9 Å². The zero-order valence-electron chi connectivity index (χ0n) is 9.72. The highest BCUT2D eigenvalue weighted by Gasteiger charge is 2.11. The Morgan fingerprint density at radius 3 is 2.89 bits per heavy atom. The van der Waals surface area contributed by atoms with Crippen LogP contribution < -0.4 is 5.32 Å². The number of benzene rings is 1. The van der Waals surface area contributed by atoms with E-state index in [2.05, 4.69) is 20.3 Å². The van der Waals surface area contributed by atoms with Gasteiger partial charge < -0.3 is 10.3 Å². The van der Waals surface area contributed by atoms with E-state index in [-0.39, 0.29) is 11.1 Å². The van der Waals surface area contributed by atoms with E-state index in [9.17, 15) is 4.79 Å². The molecule has 6 heteroatoms. The van der Waals surface area contributed by atoms with Crippen molar-refractivity contribution in [3.8, 4) is 0 Å². The molecule has 0 aliphatic heterocycles. The van der Waals surface area contributed by atoms with Crippen molar-refractivity contribution in [3.05, 3.63) is 53.6 Å². The number of nitrogens with zero attached hydrogens (tertiary/aromatic N) is 2. The van der Waals surface area contributed by atoms with Gasteiger partial charge >= 0.3 is 0 Å². The summed E-state index contributed by atoms with van der Waals surface area (Å²) in [7, 11) is 0. The molecule has 2 N–H and O–H groups in total. The number of anilines is 1. The van der Waals surface area contributed by atoms with Gasteiger partial charge in [-0.15, -0.1) is 0 Å². The summed E-state index contributed by atoms with van der Waals surface area (Å²) in [5.41, 5.74) is 1.49. The Balaban J connectivity index is 1.92. The number of hydrogen-bond donors (Lipinski definition) is 2. The Morgan fingerprint density at radius 2 is 2.11 bits per heavy atom. The second-order valence-electron chi connectivity index (χ2n) is 3.92. The van der Waals surface area contributed by atoms with Crippen molar-refractivity contribution in [2.75, 3.05) is 5.32 Å². The molecule has 3 aromatic rings. The molecule has 1 amide bonds. The van der Waals surface area contributed by atoms with Gasteiger partial charge in [0.25, 0.3) is 5.91 Å². The number of carbonyl (C=O) groups is 1. The second kappa shape index (κ2) is 4.70. The molecule has 19 heavy (non-hydrogen) atoms. The van der Waals surface area contributed by atoms with Crippen LogP contribution >= 0.6 is 11.6 Å². The van der Waals surface area contributed by atoms with Crippen LogP contribution in [0.1, 0.15) is 10.4 Å². The van der Waals surface area contributed by atoms with Crippen molar-refractivity contribution in [2.45, 2.75) is 0 Å². The normalized spacial score (nSPS) is 10.6. The first-order valence-electron chi connectivity index (χ1n) is 5.59. The van der Waals surface area contributed by atoms with Gasteiger partial charge in [-0.1, -0.05) is 17.7 Å². The van der Waals surface area contributed by atoms with E-state index in [1.54, 1.807) is 12.3 Å². The predicted molar refractivity (Wildman–Crippen MR) is 73.3 cm³/mol. The number of amides is 1. The second-order valence-corrected chi connectivity index (χ2v) is 4.31. The number of aromatic nitrogens is 3. The maximum Gasteiger partial charge on any atom is 0.257 e. The van der Waals surface area contributed by atoms with Gasteiger partial charge in [-0.05, 0) is 18.2 Å². The molecule has 2 aromatic heterocycles. The zero-order chi connectivity index (χ0) is 13.2. The summed E-state index contributed by atoms with van der Waals surface area (Å²) >= 11 is 5.64. The topological polar surface area (TPSA) is 70.7 Å². The highest BCUT2D eigenvalue weighted by atomic mass is 35.5. The van der Waals surface area contributed by atoms with E-state index in [1.165, 1.54) is 12.4 Å². The van der Waals surface area contributed by atoms with Crippen LogP contribution in [0.2, 0.25) is 5.15 Å². The SMILES string of the molecule is O=C(Nc1cnc(Cl)cn1)c1cccc2[nH]ccc12. The van der Waals surface area contributed by atoms with Gasteiger partial charge in [-0.3, -0.25) is 4.79 Å². The lowest BCUT2D eigenvalue weighted by atomic mass is 10.1. The number of rotatable bonds is 2. The Hall–Kier alpha value is -2.40. The average molecular weight is 273 g/mol. The Morgan fingerprint density at radius 1 is 1.21 bits per heavy atom. The van der Waals surface area contributed by atoms with Crippen LogP contribution in [-0.2, 0) is 0 Å². The van der Waals surface area contributed by atoms with Gasteiger partial charge in [0.05, 0.1) is 12.4 Å². The molecule has 0 bridgehead atoms. The van der Waals surface area contributed by atoms with Gasteiger partial charge in [-0.2, -0.15) is 0 Å². The Labute approximate surface area is 113 Å². The predicted octanol–water partition coefficient (Wildman–Crippen LogP) is 2.86. The number of fused-ring (bicyclic) bond motifs is 1. The molecule has 0 atom stereocenters. The van der Waals surface area contributed by atoms with Crippen molar-refractivity contribution in [2.24, 2.45) is 0 Å². The molecule has 0 unspecified atom stereocenters. The molecule has 0 aliphatic rings. The van der Waals surface area contributed by atoms with Gasteiger partial charge in [0, 0.05) is 22.7 Å². The van der Waals surface area contributed by atoms with E-state index in [0.29, 0.717) is 11.4 Å². The summed E-state index contributed by atoms with van der Waals surface area (Å²) in [6, 6.07) is 7.35. The third-order valence-corrected chi connectivity index (χ3v) is 2.90. The third-order valence-electron chi connectivity index (χ3n) is 2.70. The molecule has 0 radical (unpaired) electrons. The lowest BCUT2D eigenvalue weighted by molar-refractivity contribution is 0.102. The fourth-order valence-corrected chi connectivity index (χ4v) is 1.94. The van der Waals surface area contributed by atoms with Gasteiger partial charge in [0.2, 0.25) is 0 Å². The molecule has 0 saturated carbocycles. The van der Waals surface area contributed by atoms with E-state index in [0.717, 1.165) is 10.9 Å². The first kappa shape index (κ1) is 11.7. The molecule has 2 heterocycles. The van der Waals surface area contributed by atoms with E-state index < -0.39 is 0 Å². The molecule has 94 valence electrons. The summed E-state index contributed by atoms with van der Waals surface area (Å²) < 4.78 is 0. The first-order valence-corrected chi connectivity index (χ1v) is 5.97. The minimum Gasteiger partial charge on any atom is -0.361 e. The minimum atomic E-state index is -0.234. The van der Waals surface area contributed by atoms with Gasteiger partial charge in [0.15, 0.2) is 5.82 Å². The molecule has 1 aromatic carbocycles. The number of halogens is 1. The summed E-state index contributed by atoms with van der Waals surface area (Å²) in [5, 5.41) is 3.83. The van der Waals surface area contributed by atoms with Gasteiger partial charge in [0.1, 0.15) is 5.15 Å². The quantitative estimate of drug-likeness (QED) is 0.753. The summed E-state index contributed by atoms with van der Waals surface area (Å²) in [6.07, 6.45) is 4.59. The van der Waals surface area contributed by atoms with E-state index in [1.807, 2.05) is 18.2 Å². The summed E-state index contributed by atoms with van der Waals surface area (Å²) in [4.78, 5) is 23.1. The van der Waals surface area contributed by atoms with Crippen molar-refractivity contribution >= 4 is 34.2 Å². The van der Waals surface area contributed by atoms with Crippen LogP contribution in [0, 0.1) is 0 Å². The van der Waals surface area contributed by atoms with Crippen LogP contribution in [0.25, 0.3) is 10.9 Å². The van der Waals surface area contributed by atoms with Gasteiger partial charge in [-0.25, -0.2) is 9.97 Å². The highest BCUT2D eigenvalue weighted by molar-refractivity contribution is 6.29. The van der Waals surface area contributed by atoms with E-state index in [4.69, 9.17) is 11.6 Å². The van der Waals surface area contributed by atoms with Crippen molar-refractivity contribution in [3.63, 3.8) is 0 Å². The molecule has 3 rings (SSSR count). The fourth-order valence-electron chi connectivity index (χ4n) is 1.84. The maximum atomic E-state index is 12.2. The minimum absolute atomic E-state index is 0.234.